The predicted octanol–water partition coefficient (Wildman–Crippen LogP) is 3.26. The fraction of sp³-hybridized carbons (Fsp3) is 0.600. The Hall–Kier alpha value is 0.333. The van der Waals surface area contributed by atoms with Gasteiger partial charge in [-0.15, -0.1) is 0 Å². The van der Waals surface area contributed by atoms with E-state index < -0.39 is 23.2 Å². The van der Waals surface area contributed by atoms with Gasteiger partial charge >= 0.3 is 210 Å². The molecule has 5 aliphatic rings. The Bertz CT molecular complexity index is 879. The van der Waals surface area contributed by atoms with Crippen molar-refractivity contribution in [2.24, 2.45) is 11.8 Å². The number of halogens is 2. The first-order valence-electron chi connectivity index (χ1n) is 13.6. The number of hydrogen-bond donors (Lipinski definition) is 0. The van der Waals surface area contributed by atoms with Gasteiger partial charge in [0.1, 0.15) is 0 Å². The molecular weight excluding hydrogens is 553 g/mol. The zero-order valence-electron chi connectivity index (χ0n) is 20.3. The molecule has 0 bridgehead atoms. The summed E-state index contributed by atoms with van der Waals surface area (Å²) in [6, 6.07) is 9.61. The summed E-state index contributed by atoms with van der Waals surface area (Å²) in [6.07, 6.45) is 30.7. The SMILES string of the molecule is C1=CC2CC[CH]([Zr+2][CH]3C(P(C4CCCCC4)C4CCCCC4)=Cc4ccccc43)C2C=C1.[Cl-].[Cl-]. The molecule has 0 aliphatic heterocycles. The van der Waals surface area contributed by atoms with E-state index in [1.165, 1.54) is 77.0 Å². The molecule has 0 aromatic heterocycles. The molecule has 4 unspecified atom stereocenters. The molecule has 0 N–H and O–H groups in total. The summed E-state index contributed by atoms with van der Waals surface area (Å²) in [5.74, 6) is 1.73. The van der Waals surface area contributed by atoms with E-state index >= 15 is 0 Å². The number of fused-ring (bicyclic) bond motifs is 2. The first-order valence-corrected chi connectivity index (χ1v) is 17.9. The molecule has 4 atom stereocenters. The van der Waals surface area contributed by atoms with E-state index in [0.717, 1.165) is 30.4 Å². The summed E-state index contributed by atoms with van der Waals surface area (Å²) < 4.78 is 1.92. The van der Waals surface area contributed by atoms with Crippen molar-refractivity contribution in [3.05, 3.63) is 65.0 Å². The Morgan fingerprint density at radius 3 is 2.06 bits per heavy atom. The van der Waals surface area contributed by atoms with Crippen molar-refractivity contribution < 1.29 is 48.0 Å². The zero-order valence-corrected chi connectivity index (χ0v) is 25.2. The van der Waals surface area contributed by atoms with E-state index in [4.69, 9.17) is 0 Å². The standard InChI is InChI=1S/C21H28P.C9H11.2ClH.Zr/c1-3-11-19(12-4-1)22(20-13-5-2-6-14-20)21-15-17-9-7-8-10-18(17)16-21;1-2-5-9-7-3-6-8(9)4-1;;;/h7-10,15-16,19-20H,1-6,11-14H2;1-2,4-6,8-9H,3,7H2;2*1H;/q;;;;+2/p-2. The minimum Gasteiger partial charge on any atom is -1.00 e. The average Bonchev–Trinajstić information content (AvgIpc) is 3.43. The Balaban J connectivity index is 0.00000137. The van der Waals surface area contributed by atoms with Crippen LogP contribution in [0.1, 0.15) is 91.8 Å². The quantitative estimate of drug-likeness (QED) is 0.461. The molecule has 1 aromatic carbocycles. The molecule has 6 rings (SSSR count). The van der Waals surface area contributed by atoms with E-state index in [1.54, 1.807) is 11.1 Å². The third kappa shape index (κ3) is 5.59. The van der Waals surface area contributed by atoms with Crippen LogP contribution in [0.2, 0.25) is 3.63 Å². The Labute approximate surface area is 233 Å². The second-order valence-electron chi connectivity index (χ2n) is 11.0. The van der Waals surface area contributed by atoms with E-state index in [0.29, 0.717) is 0 Å². The van der Waals surface area contributed by atoms with Crippen molar-refractivity contribution in [1.29, 1.82) is 0 Å². The fourth-order valence-electron chi connectivity index (χ4n) is 7.51. The summed E-state index contributed by atoms with van der Waals surface area (Å²) in [4.78, 5) is 0. The smallest absolute Gasteiger partial charge is 1.00 e. The summed E-state index contributed by atoms with van der Waals surface area (Å²) >= 11 is -0.570. The molecular formula is C30H39Cl2PZr. The minimum atomic E-state index is -0.570. The molecule has 0 amide bonds. The van der Waals surface area contributed by atoms with Gasteiger partial charge in [-0.3, -0.25) is 0 Å². The van der Waals surface area contributed by atoms with Gasteiger partial charge < -0.3 is 24.8 Å². The molecule has 0 heterocycles. The molecule has 4 heteroatoms. The molecule has 0 nitrogen and oxygen atoms in total. The van der Waals surface area contributed by atoms with Crippen LogP contribution in [0.3, 0.4) is 0 Å². The van der Waals surface area contributed by atoms with Gasteiger partial charge in [-0.05, 0) is 0 Å². The number of benzene rings is 1. The minimum absolute atomic E-state index is 0. The molecule has 0 spiro atoms. The fourth-order valence-corrected chi connectivity index (χ4v) is 18.1. The molecule has 182 valence electrons. The third-order valence-electron chi connectivity index (χ3n) is 9.09. The van der Waals surface area contributed by atoms with Crippen LogP contribution in [-0.2, 0) is 23.2 Å². The maximum Gasteiger partial charge on any atom is -1.00 e. The monoisotopic (exact) mass is 590 g/mol. The van der Waals surface area contributed by atoms with Crippen LogP contribution in [0.4, 0.5) is 0 Å². The largest absolute Gasteiger partial charge is 1.00 e. The van der Waals surface area contributed by atoms with E-state index in [2.05, 4.69) is 54.6 Å². The molecule has 3 fully saturated rings. The van der Waals surface area contributed by atoms with Crippen molar-refractivity contribution in [3.8, 4) is 0 Å². The van der Waals surface area contributed by atoms with Crippen LogP contribution in [-0.4, -0.2) is 11.3 Å². The van der Waals surface area contributed by atoms with Gasteiger partial charge in [-0.25, -0.2) is 0 Å². The Morgan fingerprint density at radius 1 is 0.706 bits per heavy atom. The van der Waals surface area contributed by atoms with Gasteiger partial charge in [0.25, 0.3) is 0 Å². The maximum absolute atomic E-state index is 2.78. The number of hydrogen-bond acceptors (Lipinski definition) is 0. The number of rotatable bonds is 5. The van der Waals surface area contributed by atoms with E-state index in [9.17, 15) is 0 Å². The Kier molecular flexibility index (Phi) is 10.2. The second-order valence-corrected chi connectivity index (χ2v) is 17.8. The van der Waals surface area contributed by atoms with Crippen LogP contribution in [0.5, 0.6) is 0 Å². The molecule has 1 aromatic rings. The summed E-state index contributed by atoms with van der Waals surface area (Å²) in [7, 11) is 0.0484. The van der Waals surface area contributed by atoms with Crippen LogP contribution < -0.4 is 24.8 Å². The first kappa shape index (κ1) is 27.4. The van der Waals surface area contributed by atoms with E-state index in [1.807, 2.05) is 5.31 Å². The van der Waals surface area contributed by atoms with Crippen molar-refractivity contribution in [1.82, 2.24) is 0 Å². The maximum atomic E-state index is 2.78. The van der Waals surface area contributed by atoms with Crippen molar-refractivity contribution >= 4 is 14.0 Å². The number of allylic oxidation sites excluding steroid dienone is 5. The summed E-state index contributed by atoms with van der Waals surface area (Å²) in [5.41, 5.74) is 5.45. The van der Waals surface area contributed by atoms with E-state index in [-0.39, 0.29) is 32.7 Å². The first-order chi connectivity index (χ1) is 15.9. The molecule has 0 saturated heterocycles. The van der Waals surface area contributed by atoms with Crippen LogP contribution in [0.25, 0.3) is 6.08 Å². The van der Waals surface area contributed by atoms with Gasteiger partial charge in [-0.1, -0.05) is 0 Å². The second kappa shape index (κ2) is 12.7. The van der Waals surface area contributed by atoms with Gasteiger partial charge in [0, 0.05) is 0 Å². The summed E-state index contributed by atoms with van der Waals surface area (Å²) in [5, 5.41) is 2.02. The molecule has 34 heavy (non-hydrogen) atoms. The van der Waals surface area contributed by atoms with Gasteiger partial charge in [0.15, 0.2) is 0 Å². The van der Waals surface area contributed by atoms with Gasteiger partial charge in [0.2, 0.25) is 0 Å². The normalized spacial score (nSPS) is 30.7. The zero-order chi connectivity index (χ0) is 21.3. The van der Waals surface area contributed by atoms with Crippen molar-refractivity contribution in [3.63, 3.8) is 0 Å². The summed E-state index contributed by atoms with van der Waals surface area (Å²) in [6.45, 7) is 0. The molecule has 0 radical (unpaired) electrons. The van der Waals surface area contributed by atoms with Gasteiger partial charge in [0.05, 0.1) is 0 Å². The van der Waals surface area contributed by atoms with Crippen LogP contribution in [0, 0.1) is 11.8 Å². The van der Waals surface area contributed by atoms with Gasteiger partial charge in [-0.2, -0.15) is 0 Å². The third-order valence-corrected chi connectivity index (χ3v) is 18.3. The topological polar surface area (TPSA) is 0 Å². The molecule has 5 aliphatic carbocycles. The van der Waals surface area contributed by atoms with Crippen LogP contribution in [0.15, 0.2) is 53.9 Å². The van der Waals surface area contributed by atoms with Crippen molar-refractivity contribution in [2.45, 2.75) is 95.6 Å². The molecule has 3 saturated carbocycles. The predicted molar refractivity (Wildman–Crippen MR) is 136 cm³/mol. The Morgan fingerprint density at radius 2 is 1.35 bits per heavy atom. The van der Waals surface area contributed by atoms with Crippen molar-refractivity contribution in [2.75, 3.05) is 0 Å². The average molecular weight is 593 g/mol. The van der Waals surface area contributed by atoms with Crippen LogP contribution >= 0.6 is 7.92 Å².